The van der Waals surface area contributed by atoms with Crippen molar-refractivity contribution in [3.05, 3.63) is 41.4 Å². The summed E-state index contributed by atoms with van der Waals surface area (Å²) in [7, 11) is 0. The summed E-state index contributed by atoms with van der Waals surface area (Å²) in [6.45, 7) is 3.21. The highest BCUT2D eigenvalue weighted by Crippen LogP contribution is 2.30. The summed E-state index contributed by atoms with van der Waals surface area (Å²) in [4.78, 5) is 16.5. The number of carbonyl (C=O) groups excluding carboxylic acids is 1. The van der Waals surface area contributed by atoms with Crippen molar-refractivity contribution in [2.45, 2.75) is 39.2 Å². The van der Waals surface area contributed by atoms with Crippen molar-refractivity contribution in [1.29, 1.82) is 0 Å². The van der Waals surface area contributed by atoms with Gasteiger partial charge in [0.15, 0.2) is 5.76 Å². The van der Waals surface area contributed by atoms with Crippen LogP contribution in [0.5, 0.6) is 0 Å². The van der Waals surface area contributed by atoms with Crippen molar-refractivity contribution in [3.63, 3.8) is 0 Å². The van der Waals surface area contributed by atoms with Gasteiger partial charge in [0, 0.05) is 43.0 Å². The zero-order valence-electron chi connectivity index (χ0n) is 14.7. The van der Waals surface area contributed by atoms with E-state index in [0.29, 0.717) is 12.3 Å². The second kappa shape index (κ2) is 7.85. The topological polar surface area (TPSA) is 137 Å². The van der Waals surface area contributed by atoms with Gasteiger partial charge < -0.3 is 25.8 Å². The van der Waals surface area contributed by atoms with E-state index >= 15 is 0 Å². The third kappa shape index (κ3) is 3.93. The molecule has 0 fully saturated rings. The van der Waals surface area contributed by atoms with E-state index in [9.17, 15) is 4.79 Å². The van der Waals surface area contributed by atoms with Gasteiger partial charge in [-0.1, -0.05) is 0 Å². The van der Waals surface area contributed by atoms with Crippen molar-refractivity contribution in [2.75, 3.05) is 6.54 Å². The highest BCUT2D eigenvalue weighted by Gasteiger charge is 2.27. The van der Waals surface area contributed by atoms with Crippen LogP contribution in [0.4, 0.5) is 0 Å². The first-order valence-corrected chi connectivity index (χ1v) is 8.58. The Hall–Kier alpha value is -3.10. The Morgan fingerprint density at radius 2 is 2.27 bits per heavy atom. The van der Waals surface area contributed by atoms with E-state index < -0.39 is 0 Å². The Bertz CT molecular complexity index is 830. The van der Waals surface area contributed by atoms with Crippen molar-refractivity contribution >= 4 is 17.6 Å². The quantitative estimate of drug-likeness (QED) is 0.305. The smallest absolute Gasteiger partial charge is 0.287 e. The minimum atomic E-state index is -0.219. The Morgan fingerprint density at radius 3 is 3.00 bits per heavy atom. The second-order valence-electron chi connectivity index (χ2n) is 6.19. The van der Waals surface area contributed by atoms with Crippen LogP contribution in [0.25, 0.3) is 0 Å². The number of aryl methyl sites for hydroxylation is 2. The molecule has 0 unspecified atom stereocenters. The Labute approximate surface area is 151 Å². The van der Waals surface area contributed by atoms with Gasteiger partial charge in [-0.3, -0.25) is 4.79 Å². The van der Waals surface area contributed by atoms with E-state index in [4.69, 9.17) is 15.9 Å². The molecular formula is C17H23N7O2. The minimum Gasteiger partial charge on any atom is -0.455 e. The number of imidazole rings is 1. The minimum absolute atomic E-state index is 0.0957. The van der Waals surface area contributed by atoms with Gasteiger partial charge in [-0.2, -0.15) is 5.10 Å². The molecule has 2 heterocycles. The van der Waals surface area contributed by atoms with E-state index in [2.05, 4.69) is 20.5 Å². The largest absolute Gasteiger partial charge is 0.455 e. The molecule has 5 N–H and O–H groups in total. The van der Waals surface area contributed by atoms with E-state index in [1.54, 1.807) is 12.5 Å². The van der Waals surface area contributed by atoms with Gasteiger partial charge >= 0.3 is 0 Å². The molecule has 1 amide bonds. The maximum atomic E-state index is 12.5. The molecule has 0 bridgehead atoms. The number of nitrogens with one attached hydrogen (secondary N) is 1. The van der Waals surface area contributed by atoms with E-state index in [1.807, 2.05) is 17.7 Å². The normalized spacial score (nSPS) is 14.9. The maximum Gasteiger partial charge on any atom is 0.287 e. The molecule has 0 aliphatic heterocycles. The molecular weight excluding hydrogens is 334 g/mol. The second-order valence-corrected chi connectivity index (χ2v) is 6.19. The Morgan fingerprint density at radius 1 is 1.42 bits per heavy atom. The molecule has 0 spiro atoms. The van der Waals surface area contributed by atoms with Gasteiger partial charge in [0.25, 0.3) is 5.91 Å². The average Bonchev–Trinajstić information content (AvgIpc) is 3.25. The summed E-state index contributed by atoms with van der Waals surface area (Å²) in [6.07, 6.45) is 8.58. The van der Waals surface area contributed by atoms with Crippen LogP contribution in [0, 0.1) is 6.92 Å². The number of aromatic nitrogens is 2. The van der Waals surface area contributed by atoms with Crippen molar-refractivity contribution in [1.82, 2.24) is 14.9 Å². The van der Waals surface area contributed by atoms with Crippen LogP contribution < -0.4 is 16.8 Å². The molecule has 9 nitrogen and oxygen atoms in total. The highest BCUT2D eigenvalue weighted by atomic mass is 16.4. The molecule has 0 saturated carbocycles. The highest BCUT2D eigenvalue weighted by molar-refractivity contribution is 6.06. The van der Waals surface area contributed by atoms with Gasteiger partial charge in [-0.15, -0.1) is 5.10 Å². The monoisotopic (exact) mass is 357 g/mol. The van der Waals surface area contributed by atoms with Crippen molar-refractivity contribution in [2.24, 2.45) is 21.7 Å². The van der Waals surface area contributed by atoms with Gasteiger partial charge in [0.1, 0.15) is 5.76 Å². The molecule has 3 rings (SSSR count). The number of hydrogen-bond donors (Lipinski definition) is 3. The zero-order chi connectivity index (χ0) is 18.5. The van der Waals surface area contributed by atoms with Crippen LogP contribution in [0.15, 0.2) is 33.3 Å². The molecule has 2 aromatic rings. The van der Waals surface area contributed by atoms with Crippen molar-refractivity contribution < 1.29 is 9.21 Å². The van der Waals surface area contributed by atoms with Crippen LogP contribution in [-0.2, 0) is 13.0 Å². The lowest BCUT2D eigenvalue weighted by atomic mass is 9.93. The summed E-state index contributed by atoms with van der Waals surface area (Å²) >= 11 is 0. The molecule has 26 heavy (non-hydrogen) atoms. The fourth-order valence-electron chi connectivity index (χ4n) is 3.07. The van der Waals surface area contributed by atoms with E-state index in [-0.39, 0.29) is 11.9 Å². The number of furan rings is 1. The lowest BCUT2D eigenvalue weighted by molar-refractivity contribution is 0.0922. The third-order valence-corrected chi connectivity index (χ3v) is 4.26. The first kappa shape index (κ1) is 17.7. The lowest BCUT2D eigenvalue weighted by Gasteiger charge is -2.11. The summed E-state index contributed by atoms with van der Waals surface area (Å²) < 4.78 is 7.79. The number of rotatable bonds is 6. The van der Waals surface area contributed by atoms with Crippen molar-refractivity contribution in [3.8, 4) is 0 Å². The number of fused-ring (bicyclic) bond motifs is 1. The van der Waals surface area contributed by atoms with E-state index in [0.717, 1.165) is 54.8 Å². The maximum absolute atomic E-state index is 12.5. The predicted octanol–water partition coefficient (Wildman–Crippen LogP) is 0.918. The first-order valence-electron chi connectivity index (χ1n) is 8.58. The number of nitrogens with zero attached hydrogens (tertiary/aromatic N) is 4. The van der Waals surface area contributed by atoms with Gasteiger partial charge in [0.2, 0.25) is 5.96 Å². The zero-order valence-corrected chi connectivity index (χ0v) is 14.7. The molecule has 0 radical (unpaired) electrons. The Balaban J connectivity index is 1.68. The van der Waals surface area contributed by atoms with Crippen LogP contribution in [-0.4, -0.2) is 33.7 Å². The molecule has 138 valence electrons. The Kier molecular flexibility index (Phi) is 5.35. The standard InChI is InChI=1S/C17H23N7O2/c1-11-14-12(22-23-17(18)19)4-2-5-13(14)26-15(11)16(25)21-6-3-8-24-9-7-20-10-24/h7,9-10H,2-6,8H2,1H3,(H,21,25)(H4,18,19,23)/b22-12+. The van der Waals surface area contributed by atoms with E-state index in [1.165, 1.54) is 0 Å². The summed E-state index contributed by atoms with van der Waals surface area (Å²) in [5.74, 6) is 0.782. The number of nitrogens with two attached hydrogens (primary N) is 2. The molecule has 0 saturated heterocycles. The molecule has 0 aromatic carbocycles. The fraction of sp³-hybridized carbons (Fsp3) is 0.412. The van der Waals surface area contributed by atoms with Crippen LogP contribution >= 0.6 is 0 Å². The van der Waals surface area contributed by atoms with Gasteiger partial charge in [-0.05, 0) is 26.2 Å². The molecule has 9 heteroatoms. The number of guanidine groups is 1. The SMILES string of the molecule is Cc1c(C(=O)NCCCn2ccnc2)oc2c1/C(=N/N=C(N)N)CCC2. The van der Waals surface area contributed by atoms with Crippen LogP contribution in [0.2, 0.25) is 0 Å². The third-order valence-electron chi connectivity index (χ3n) is 4.26. The summed E-state index contributed by atoms with van der Waals surface area (Å²) in [6, 6.07) is 0. The molecule has 0 atom stereocenters. The van der Waals surface area contributed by atoms with Crippen LogP contribution in [0.1, 0.15) is 46.7 Å². The number of carbonyl (C=O) groups is 1. The molecule has 2 aromatic heterocycles. The van der Waals surface area contributed by atoms with Crippen LogP contribution in [0.3, 0.4) is 0 Å². The summed E-state index contributed by atoms with van der Waals surface area (Å²) in [5.41, 5.74) is 13.1. The summed E-state index contributed by atoms with van der Waals surface area (Å²) in [5, 5.41) is 10.8. The predicted molar refractivity (Wildman–Crippen MR) is 97.9 cm³/mol. The lowest BCUT2D eigenvalue weighted by Crippen LogP contribution is -2.25. The fourth-order valence-corrected chi connectivity index (χ4v) is 3.07. The number of amides is 1. The first-order chi connectivity index (χ1) is 12.6. The van der Waals surface area contributed by atoms with Gasteiger partial charge in [-0.25, -0.2) is 4.98 Å². The molecule has 1 aliphatic carbocycles. The number of hydrogen-bond acceptors (Lipinski definition) is 5. The van der Waals surface area contributed by atoms with Gasteiger partial charge in [0.05, 0.1) is 12.0 Å². The average molecular weight is 357 g/mol. The molecule has 1 aliphatic rings.